The number of anilines is 1. The van der Waals surface area contributed by atoms with Crippen LogP contribution in [0.3, 0.4) is 0 Å². The molecule has 0 aliphatic carbocycles. The molecule has 2 aromatic rings. The van der Waals surface area contributed by atoms with Gasteiger partial charge in [0.2, 0.25) is 0 Å². The summed E-state index contributed by atoms with van der Waals surface area (Å²) < 4.78 is 0. The maximum atomic E-state index is 12.2. The van der Waals surface area contributed by atoms with Crippen LogP contribution < -0.4 is 21.1 Å². The van der Waals surface area contributed by atoms with Gasteiger partial charge < -0.3 is 10.2 Å². The van der Waals surface area contributed by atoms with Crippen LogP contribution in [0.1, 0.15) is 42.7 Å². The van der Waals surface area contributed by atoms with Gasteiger partial charge in [-0.15, -0.1) is 0 Å². The summed E-state index contributed by atoms with van der Waals surface area (Å²) in [5.41, 5.74) is 7.42. The second kappa shape index (κ2) is 10.7. The van der Waals surface area contributed by atoms with Gasteiger partial charge in [0.05, 0.1) is 0 Å². The highest BCUT2D eigenvalue weighted by atomic mass is 35.5. The van der Waals surface area contributed by atoms with Crippen molar-refractivity contribution in [2.75, 3.05) is 24.5 Å². The van der Waals surface area contributed by atoms with Gasteiger partial charge in [0, 0.05) is 34.9 Å². The Morgan fingerprint density at radius 3 is 2.29 bits per heavy atom. The van der Waals surface area contributed by atoms with Crippen molar-refractivity contribution in [2.45, 2.75) is 26.8 Å². The van der Waals surface area contributed by atoms with Gasteiger partial charge in [-0.3, -0.25) is 20.4 Å². The van der Waals surface area contributed by atoms with Crippen LogP contribution in [-0.4, -0.2) is 31.4 Å². The molecule has 0 radical (unpaired) electrons. The van der Waals surface area contributed by atoms with Crippen LogP contribution in [0.2, 0.25) is 5.02 Å². The molecule has 0 bridgehead atoms. The number of nitrogens with two attached hydrogens (primary N) is 1. The van der Waals surface area contributed by atoms with Crippen molar-refractivity contribution in [2.24, 2.45) is 0 Å². The Morgan fingerprint density at radius 1 is 1.04 bits per heavy atom. The lowest BCUT2D eigenvalue weighted by Gasteiger charge is -2.21. The van der Waals surface area contributed by atoms with Crippen LogP contribution in [-0.2, 0) is 4.79 Å². The lowest BCUT2D eigenvalue weighted by Crippen LogP contribution is -2.87. The molecule has 0 unspecified atom stereocenters. The Labute approximate surface area is 171 Å². The topological polar surface area (TPSA) is 78.1 Å². The first-order valence-electron chi connectivity index (χ1n) is 9.48. The molecule has 2 rings (SSSR count). The highest BCUT2D eigenvalue weighted by Crippen LogP contribution is 2.19. The minimum absolute atomic E-state index is 0.0303. The molecule has 7 heteroatoms. The summed E-state index contributed by atoms with van der Waals surface area (Å²) in [6.45, 7) is 8.13. The number of hydrogen-bond acceptors (Lipinski definition) is 3. The summed E-state index contributed by atoms with van der Waals surface area (Å²) in [4.78, 5) is 26.4. The largest absolute Gasteiger partial charge is 0.372 e. The minimum atomic E-state index is -0.349. The zero-order valence-corrected chi connectivity index (χ0v) is 17.3. The molecule has 2 aromatic carbocycles. The van der Waals surface area contributed by atoms with Crippen LogP contribution in [0.25, 0.3) is 0 Å². The summed E-state index contributed by atoms with van der Waals surface area (Å²) >= 11 is 6.17. The molecule has 4 N–H and O–H groups in total. The fourth-order valence-corrected chi connectivity index (χ4v) is 3.23. The normalized spacial score (nSPS) is 11.6. The number of carbonyl (C=O) groups is 2. The summed E-state index contributed by atoms with van der Waals surface area (Å²) in [5.74, 6) is -0.634. The molecule has 0 aromatic heterocycles. The average molecular weight is 404 g/mol. The van der Waals surface area contributed by atoms with Gasteiger partial charge in [0.25, 0.3) is 11.8 Å². The lowest BCUT2D eigenvalue weighted by molar-refractivity contribution is -0.682. The van der Waals surface area contributed by atoms with Crippen molar-refractivity contribution < 1.29 is 14.9 Å². The van der Waals surface area contributed by atoms with E-state index in [-0.39, 0.29) is 24.4 Å². The summed E-state index contributed by atoms with van der Waals surface area (Å²) in [6.07, 6.45) is 0. The van der Waals surface area contributed by atoms with Gasteiger partial charge in [-0.1, -0.05) is 29.8 Å². The number of nitrogens with one attached hydrogen (secondary N) is 2. The third-order valence-electron chi connectivity index (χ3n) is 4.63. The smallest absolute Gasteiger partial charge is 0.293 e. The number of nitrogens with zero attached hydrogens (tertiary/aromatic N) is 1. The molecule has 0 aliphatic rings. The average Bonchev–Trinajstić information content (AvgIpc) is 2.72. The Hall–Kier alpha value is -2.57. The van der Waals surface area contributed by atoms with Crippen molar-refractivity contribution in [1.29, 1.82) is 0 Å². The first-order valence-corrected chi connectivity index (χ1v) is 9.86. The molecule has 0 heterocycles. The van der Waals surface area contributed by atoms with Crippen molar-refractivity contribution in [3.8, 4) is 0 Å². The second-order valence-electron chi connectivity index (χ2n) is 6.47. The Morgan fingerprint density at radius 2 is 1.68 bits per heavy atom. The number of hydrazine groups is 1. The van der Waals surface area contributed by atoms with Gasteiger partial charge in [-0.2, -0.15) is 0 Å². The molecule has 0 spiro atoms. The number of amides is 2. The van der Waals surface area contributed by atoms with E-state index in [0.717, 1.165) is 24.3 Å². The maximum Gasteiger partial charge on any atom is 0.293 e. The number of hydrogen-bond donors (Lipinski definition) is 3. The van der Waals surface area contributed by atoms with Crippen molar-refractivity contribution in [3.63, 3.8) is 0 Å². The van der Waals surface area contributed by atoms with Gasteiger partial charge in [-0.25, -0.2) is 0 Å². The molecule has 6 nitrogen and oxygen atoms in total. The molecular formula is C21H28ClN4O2+. The number of halogens is 1. The van der Waals surface area contributed by atoms with Crippen LogP contribution in [0, 0.1) is 0 Å². The third-order valence-corrected chi connectivity index (χ3v) is 4.97. The number of rotatable bonds is 8. The van der Waals surface area contributed by atoms with Gasteiger partial charge in [0.1, 0.15) is 6.04 Å². The molecular weight excluding hydrogens is 376 g/mol. The minimum Gasteiger partial charge on any atom is -0.372 e. The van der Waals surface area contributed by atoms with E-state index < -0.39 is 0 Å². The zero-order valence-electron chi connectivity index (χ0n) is 16.5. The van der Waals surface area contributed by atoms with E-state index in [9.17, 15) is 9.59 Å². The molecule has 28 heavy (non-hydrogen) atoms. The van der Waals surface area contributed by atoms with Gasteiger partial charge in [-0.05, 0) is 51.1 Å². The SMILES string of the molecule is CCN(CC)c1ccc(C(=O)NNC(=O)C[NH2+][C@@H](C)c2ccccc2Cl)cc1. The first kappa shape index (κ1) is 21.7. The van der Waals surface area contributed by atoms with E-state index in [1.54, 1.807) is 12.1 Å². The van der Waals surface area contributed by atoms with Crippen molar-refractivity contribution >= 4 is 29.1 Å². The Bertz CT molecular complexity index is 791. The van der Waals surface area contributed by atoms with E-state index in [4.69, 9.17) is 11.6 Å². The van der Waals surface area contributed by atoms with Crippen LogP contribution in [0.4, 0.5) is 5.69 Å². The standard InChI is InChI=1S/C21H27ClN4O2/c1-4-26(5-2)17-12-10-16(11-13-17)21(28)25-24-20(27)14-23-15(3)18-8-6-7-9-19(18)22/h6-13,15,23H,4-5,14H2,1-3H3,(H,24,27)(H,25,28)/p+1/t15-/m0/s1. The van der Waals surface area contributed by atoms with Crippen molar-refractivity contribution in [3.05, 3.63) is 64.7 Å². The highest BCUT2D eigenvalue weighted by molar-refractivity contribution is 6.31. The number of benzene rings is 2. The predicted molar refractivity (Wildman–Crippen MR) is 112 cm³/mol. The lowest BCUT2D eigenvalue weighted by atomic mass is 10.1. The fourth-order valence-electron chi connectivity index (χ4n) is 2.92. The number of quaternary nitrogens is 1. The van der Waals surface area contributed by atoms with Crippen LogP contribution in [0.5, 0.6) is 0 Å². The molecule has 0 fully saturated rings. The molecule has 1 atom stereocenters. The van der Waals surface area contributed by atoms with Crippen molar-refractivity contribution in [1.82, 2.24) is 10.9 Å². The molecule has 0 aliphatic heterocycles. The molecule has 150 valence electrons. The summed E-state index contributed by atoms with van der Waals surface area (Å²) in [7, 11) is 0. The fraction of sp³-hybridized carbons (Fsp3) is 0.333. The van der Waals surface area contributed by atoms with E-state index in [2.05, 4.69) is 29.6 Å². The molecule has 2 amide bonds. The first-order chi connectivity index (χ1) is 13.5. The van der Waals surface area contributed by atoms with Gasteiger partial charge in [0.15, 0.2) is 6.54 Å². The van der Waals surface area contributed by atoms with E-state index in [1.165, 1.54) is 0 Å². The third kappa shape index (κ3) is 5.97. The summed E-state index contributed by atoms with van der Waals surface area (Å²) in [5, 5.41) is 2.54. The van der Waals surface area contributed by atoms with E-state index in [0.29, 0.717) is 10.6 Å². The Balaban J connectivity index is 1.80. The predicted octanol–water partition coefficient (Wildman–Crippen LogP) is 2.27. The van der Waals surface area contributed by atoms with E-state index >= 15 is 0 Å². The van der Waals surface area contributed by atoms with Crippen LogP contribution >= 0.6 is 11.6 Å². The van der Waals surface area contributed by atoms with E-state index in [1.807, 2.05) is 48.6 Å². The van der Waals surface area contributed by atoms with Crippen LogP contribution in [0.15, 0.2) is 48.5 Å². The zero-order chi connectivity index (χ0) is 20.5. The van der Waals surface area contributed by atoms with Gasteiger partial charge >= 0.3 is 0 Å². The molecule has 0 saturated carbocycles. The Kier molecular flexibility index (Phi) is 8.29. The highest BCUT2D eigenvalue weighted by Gasteiger charge is 2.15. The molecule has 0 saturated heterocycles. The monoisotopic (exact) mass is 403 g/mol. The second-order valence-corrected chi connectivity index (χ2v) is 6.88. The maximum absolute atomic E-state index is 12.2. The quantitative estimate of drug-likeness (QED) is 0.592. The summed E-state index contributed by atoms with van der Waals surface area (Å²) in [6, 6.07) is 14.9. The number of carbonyl (C=O) groups excluding carboxylic acids is 2.